The van der Waals surface area contributed by atoms with Gasteiger partial charge < -0.3 is 5.73 Å². The molecule has 0 saturated carbocycles. The van der Waals surface area contributed by atoms with Crippen molar-refractivity contribution in [1.82, 2.24) is 4.98 Å². The van der Waals surface area contributed by atoms with E-state index >= 15 is 0 Å². The number of hydrogen-bond donors (Lipinski definition) is 1. The van der Waals surface area contributed by atoms with Gasteiger partial charge in [-0.15, -0.1) is 23.5 Å². The number of nitrogens with two attached hydrogens (primary N) is 1. The van der Waals surface area contributed by atoms with Crippen molar-refractivity contribution in [2.75, 3.05) is 17.2 Å². The van der Waals surface area contributed by atoms with Crippen LogP contribution in [0.1, 0.15) is 0 Å². The lowest BCUT2D eigenvalue weighted by molar-refractivity contribution is 0.626. The molecule has 0 saturated heterocycles. The van der Waals surface area contributed by atoms with E-state index in [1.807, 2.05) is 12.1 Å². The monoisotopic (exact) mass is 280 g/mol. The van der Waals surface area contributed by atoms with Gasteiger partial charge >= 0.3 is 0 Å². The van der Waals surface area contributed by atoms with Crippen molar-refractivity contribution in [3.8, 4) is 0 Å². The van der Waals surface area contributed by atoms with E-state index in [2.05, 4.69) is 4.98 Å². The maximum Gasteiger partial charge on any atom is 0.123 e. The maximum atomic E-state index is 12.7. The molecule has 0 aliphatic rings. The molecule has 0 spiro atoms. The fourth-order valence-electron chi connectivity index (χ4n) is 1.31. The second-order valence-electron chi connectivity index (χ2n) is 3.58. The first-order valence-corrected chi connectivity index (χ1v) is 7.44. The van der Waals surface area contributed by atoms with Crippen LogP contribution in [0.2, 0.25) is 0 Å². The number of pyridine rings is 1. The van der Waals surface area contributed by atoms with Gasteiger partial charge in [0, 0.05) is 16.4 Å². The summed E-state index contributed by atoms with van der Waals surface area (Å²) in [6.07, 6.45) is 1.66. The molecule has 2 N–H and O–H groups in total. The molecule has 18 heavy (non-hydrogen) atoms. The molecule has 0 fully saturated rings. The second kappa shape index (κ2) is 6.66. The number of anilines is 1. The average Bonchev–Trinajstić information content (AvgIpc) is 2.39. The summed E-state index contributed by atoms with van der Waals surface area (Å²) in [4.78, 5) is 5.30. The summed E-state index contributed by atoms with van der Waals surface area (Å²) in [6, 6.07) is 10.3. The number of nitrogen functional groups attached to an aromatic ring is 1. The van der Waals surface area contributed by atoms with Crippen molar-refractivity contribution in [3.63, 3.8) is 0 Å². The van der Waals surface area contributed by atoms with Gasteiger partial charge in [-0.3, -0.25) is 0 Å². The van der Waals surface area contributed by atoms with Crippen molar-refractivity contribution in [3.05, 3.63) is 48.4 Å². The summed E-state index contributed by atoms with van der Waals surface area (Å²) >= 11 is 3.40. The molecule has 0 bridgehead atoms. The molecule has 1 heterocycles. The highest BCUT2D eigenvalue weighted by Crippen LogP contribution is 2.22. The first kappa shape index (κ1) is 13.2. The number of nitrogens with zero attached hydrogens (tertiary/aromatic N) is 1. The SMILES string of the molecule is Nc1ccc(SCCSc2ccc(F)cc2)nc1. The van der Waals surface area contributed by atoms with Crippen LogP contribution >= 0.6 is 23.5 Å². The molecule has 1 aromatic carbocycles. The summed E-state index contributed by atoms with van der Waals surface area (Å²) in [5, 5.41) is 0.976. The Balaban J connectivity index is 1.73. The zero-order valence-electron chi connectivity index (χ0n) is 9.67. The number of halogens is 1. The Bertz CT molecular complexity index is 438. The van der Waals surface area contributed by atoms with Crippen LogP contribution in [0.5, 0.6) is 0 Å². The number of rotatable bonds is 5. The van der Waals surface area contributed by atoms with Crippen molar-refractivity contribution >= 4 is 29.2 Å². The fraction of sp³-hybridized carbons (Fsp3) is 0.154. The predicted octanol–water partition coefficient (Wildman–Crippen LogP) is 3.69. The van der Waals surface area contributed by atoms with Crippen molar-refractivity contribution in [2.45, 2.75) is 9.92 Å². The van der Waals surface area contributed by atoms with Gasteiger partial charge in [0.25, 0.3) is 0 Å². The lowest BCUT2D eigenvalue weighted by Gasteiger charge is -2.02. The van der Waals surface area contributed by atoms with E-state index in [0.29, 0.717) is 5.69 Å². The minimum absolute atomic E-state index is 0.195. The first-order chi connectivity index (χ1) is 8.74. The van der Waals surface area contributed by atoms with Gasteiger partial charge in [-0.25, -0.2) is 9.37 Å². The van der Waals surface area contributed by atoms with Crippen LogP contribution in [0.15, 0.2) is 52.5 Å². The van der Waals surface area contributed by atoms with E-state index < -0.39 is 0 Å². The summed E-state index contributed by atoms with van der Waals surface area (Å²) in [6.45, 7) is 0. The zero-order valence-corrected chi connectivity index (χ0v) is 11.3. The summed E-state index contributed by atoms with van der Waals surface area (Å²) in [5.74, 6) is 1.72. The van der Waals surface area contributed by atoms with Crippen molar-refractivity contribution in [2.24, 2.45) is 0 Å². The molecule has 1 aromatic heterocycles. The minimum Gasteiger partial charge on any atom is -0.397 e. The van der Waals surface area contributed by atoms with Crippen LogP contribution in [-0.4, -0.2) is 16.5 Å². The van der Waals surface area contributed by atoms with Crippen LogP contribution < -0.4 is 5.73 Å². The molecule has 94 valence electrons. The standard InChI is InChI=1S/C13H13FN2S2/c14-10-1-4-12(5-2-10)17-7-8-18-13-6-3-11(15)9-16-13/h1-6,9H,7-8,15H2. The summed E-state index contributed by atoms with van der Waals surface area (Å²) < 4.78 is 12.7. The number of aromatic nitrogens is 1. The van der Waals surface area contributed by atoms with Crippen LogP contribution in [0.3, 0.4) is 0 Å². The Labute approximate surface area is 114 Å². The lowest BCUT2D eigenvalue weighted by Crippen LogP contribution is -1.89. The maximum absolute atomic E-state index is 12.7. The smallest absolute Gasteiger partial charge is 0.123 e. The van der Waals surface area contributed by atoms with Gasteiger partial charge in [0.2, 0.25) is 0 Å². The molecular weight excluding hydrogens is 267 g/mol. The predicted molar refractivity (Wildman–Crippen MR) is 76.5 cm³/mol. The Hall–Kier alpha value is -1.20. The summed E-state index contributed by atoms with van der Waals surface area (Å²) in [7, 11) is 0. The second-order valence-corrected chi connectivity index (χ2v) is 5.86. The van der Waals surface area contributed by atoms with E-state index in [0.717, 1.165) is 21.4 Å². The van der Waals surface area contributed by atoms with Gasteiger partial charge in [0.15, 0.2) is 0 Å². The highest BCUT2D eigenvalue weighted by molar-refractivity contribution is 8.02. The summed E-state index contributed by atoms with van der Waals surface area (Å²) in [5.41, 5.74) is 6.24. The van der Waals surface area contributed by atoms with E-state index in [1.165, 1.54) is 12.1 Å². The molecule has 2 rings (SSSR count). The van der Waals surface area contributed by atoms with Gasteiger partial charge in [0.1, 0.15) is 5.82 Å². The highest BCUT2D eigenvalue weighted by Gasteiger charge is 1.98. The molecule has 0 amide bonds. The quantitative estimate of drug-likeness (QED) is 0.669. The fourth-order valence-corrected chi connectivity index (χ4v) is 3.05. The van der Waals surface area contributed by atoms with Crippen LogP contribution in [-0.2, 0) is 0 Å². The van der Waals surface area contributed by atoms with Crippen molar-refractivity contribution < 1.29 is 4.39 Å². The molecule has 0 aliphatic carbocycles. The first-order valence-electron chi connectivity index (χ1n) is 5.47. The largest absolute Gasteiger partial charge is 0.397 e. The van der Waals surface area contributed by atoms with E-state index in [4.69, 9.17) is 5.73 Å². The number of hydrogen-bond acceptors (Lipinski definition) is 4. The van der Waals surface area contributed by atoms with E-state index in [-0.39, 0.29) is 5.82 Å². The Kier molecular flexibility index (Phi) is 4.90. The zero-order chi connectivity index (χ0) is 12.8. The normalized spacial score (nSPS) is 10.5. The van der Waals surface area contributed by atoms with Gasteiger partial charge in [-0.05, 0) is 36.4 Å². The third kappa shape index (κ3) is 4.23. The van der Waals surface area contributed by atoms with Crippen LogP contribution in [0.25, 0.3) is 0 Å². The minimum atomic E-state index is -0.195. The molecule has 0 radical (unpaired) electrons. The number of benzene rings is 1. The van der Waals surface area contributed by atoms with Gasteiger partial charge in [-0.2, -0.15) is 0 Å². The molecule has 2 aromatic rings. The van der Waals surface area contributed by atoms with Gasteiger partial charge in [-0.1, -0.05) is 0 Å². The Morgan fingerprint density at radius 1 is 1.00 bits per heavy atom. The van der Waals surface area contributed by atoms with E-state index in [1.54, 1.807) is 41.9 Å². The lowest BCUT2D eigenvalue weighted by atomic mass is 10.4. The van der Waals surface area contributed by atoms with Crippen LogP contribution in [0, 0.1) is 5.82 Å². The highest BCUT2D eigenvalue weighted by atomic mass is 32.2. The Morgan fingerprint density at radius 3 is 2.39 bits per heavy atom. The third-order valence-electron chi connectivity index (χ3n) is 2.17. The molecule has 5 heteroatoms. The van der Waals surface area contributed by atoms with Gasteiger partial charge in [0.05, 0.1) is 16.9 Å². The molecule has 0 atom stereocenters. The van der Waals surface area contributed by atoms with Crippen LogP contribution in [0.4, 0.5) is 10.1 Å². The Morgan fingerprint density at radius 2 is 1.72 bits per heavy atom. The van der Waals surface area contributed by atoms with Crippen molar-refractivity contribution in [1.29, 1.82) is 0 Å². The average molecular weight is 280 g/mol. The number of thioether (sulfide) groups is 2. The molecule has 0 aliphatic heterocycles. The third-order valence-corrected chi connectivity index (χ3v) is 4.39. The molecule has 2 nitrogen and oxygen atoms in total. The van der Waals surface area contributed by atoms with E-state index in [9.17, 15) is 4.39 Å². The topological polar surface area (TPSA) is 38.9 Å². The molecule has 0 unspecified atom stereocenters. The molecular formula is C13H13FN2S2.